The molecule has 144 valence electrons. The number of carbonyl (C=O) groups is 1. The van der Waals surface area contributed by atoms with Gasteiger partial charge < -0.3 is 4.90 Å². The molecular weight excluding hydrogens is 360 g/mol. The second-order valence-corrected chi connectivity index (χ2v) is 6.61. The molecule has 0 N–H and O–H groups in total. The summed E-state index contributed by atoms with van der Waals surface area (Å²) < 4.78 is 0. The first-order valence-corrected chi connectivity index (χ1v) is 9.40. The third-order valence-electron chi connectivity index (χ3n) is 4.74. The molecule has 29 heavy (non-hydrogen) atoms. The molecule has 0 aliphatic carbocycles. The lowest BCUT2D eigenvalue weighted by molar-refractivity contribution is -0.128. The van der Waals surface area contributed by atoms with E-state index in [0.29, 0.717) is 12.2 Å². The van der Waals surface area contributed by atoms with E-state index in [1.807, 2.05) is 91.9 Å². The zero-order valence-corrected chi connectivity index (χ0v) is 16.2. The maximum atomic E-state index is 13.1. The van der Waals surface area contributed by atoms with Gasteiger partial charge in [-0.25, -0.2) is 0 Å². The lowest BCUT2D eigenvalue weighted by Gasteiger charge is -2.29. The molecule has 0 aromatic heterocycles. The summed E-state index contributed by atoms with van der Waals surface area (Å²) in [5, 5.41) is 3.77. The molecule has 3 rings (SSSR count). The molecule has 0 aliphatic rings. The summed E-state index contributed by atoms with van der Waals surface area (Å²) in [6.07, 6.45) is 3.40. The lowest BCUT2D eigenvalue weighted by atomic mass is 10.0. The molecule has 0 unspecified atom stereocenters. The highest BCUT2D eigenvalue weighted by atomic mass is 16.2. The highest BCUT2D eigenvalue weighted by molar-refractivity contribution is 5.92. The quantitative estimate of drug-likeness (QED) is 0.201. The molecule has 3 aromatic carbocycles. The van der Waals surface area contributed by atoms with Crippen LogP contribution in [0.25, 0.3) is 16.5 Å². The first-order valence-electron chi connectivity index (χ1n) is 9.40. The molecule has 0 heterocycles. The third kappa shape index (κ3) is 5.34. The van der Waals surface area contributed by atoms with Crippen LogP contribution in [0, 0.1) is 0 Å². The van der Waals surface area contributed by atoms with Gasteiger partial charge in [-0.3, -0.25) is 4.79 Å². The summed E-state index contributed by atoms with van der Waals surface area (Å²) in [5.74, 6) is -0.110. The number of hydrogen-bond acceptors (Lipinski definition) is 2. The summed E-state index contributed by atoms with van der Waals surface area (Å²) in [7, 11) is 0. The number of azide groups is 1. The van der Waals surface area contributed by atoms with E-state index in [9.17, 15) is 4.79 Å². The molecule has 1 amide bonds. The van der Waals surface area contributed by atoms with Crippen LogP contribution in [0.3, 0.4) is 0 Å². The van der Waals surface area contributed by atoms with Gasteiger partial charge in [-0.15, -0.1) is 0 Å². The molecule has 0 spiro atoms. The van der Waals surface area contributed by atoms with E-state index in [1.54, 1.807) is 17.0 Å². The summed E-state index contributed by atoms with van der Waals surface area (Å²) in [4.78, 5) is 17.8. The first-order chi connectivity index (χ1) is 14.2. The largest absolute Gasteiger partial charge is 0.328 e. The van der Waals surface area contributed by atoms with Gasteiger partial charge in [-0.1, -0.05) is 90.0 Å². The minimum absolute atomic E-state index is 0.110. The molecule has 1 atom stereocenters. The molecule has 0 aliphatic heterocycles. The Balaban J connectivity index is 1.92. The molecular formula is C24H22N4O. The van der Waals surface area contributed by atoms with Gasteiger partial charge >= 0.3 is 0 Å². The number of carbonyl (C=O) groups excluding carboxylic acids is 1. The molecule has 3 aromatic rings. The van der Waals surface area contributed by atoms with Crippen molar-refractivity contribution >= 4 is 17.7 Å². The normalized spacial score (nSPS) is 11.6. The Morgan fingerprint density at radius 1 is 1.00 bits per heavy atom. The second-order valence-electron chi connectivity index (χ2n) is 6.61. The van der Waals surface area contributed by atoms with Crippen molar-refractivity contribution in [2.24, 2.45) is 5.11 Å². The van der Waals surface area contributed by atoms with Crippen molar-refractivity contribution in [3.8, 4) is 0 Å². The van der Waals surface area contributed by atoms with Gasteiger partial charge in [0.25, 0.3) is 0 Å². The van der Waals surface area contributed by atoms with Crippen molar-refractivity contribution in [1.29, 1.82) is 0 Å². The highest BCUT2D eigenvalue weighted by Gasteiger charge is 2.21. The van der Waals surface area contributed by atoms with Crippen LogP contribution >= 0.6 is 0 Å². The lowest BCUT2D eigenvalue weighted by Crippen LogP contribution is -2.31. The topological polar surface area (TPSA) is 69.1 Å². The van der Waals surface area contributed by atoms with Crippen LogP contribution in [0.15, 0.2) is 96.1 Å². The van der Waals surface area contributed by atoms with Crippen molar-refractivity contribution in [2.45, 2.75) is 19.5 Å². The van der Waals surface area contributed by atoms with E-state index in [4.69, 9.17) is 5.53 Å². The summed E-state index contributed by atoms with van der Waals surface area (Å²) in [5.41, 5.74) is 12.2. The Hall–Kier alpha value is -3.82. The van der Waals surface area contributed by atoms with Crippen LogP contribution in [0.5, 0.6) is 0 Å². The first kappa shape index (κ1) is 19.9. The van der Waals surface area contributed by atoms with Crippen molar-refractivity contribution in [3.63, 3.8) is 0 Å². The third-order valence-corrected chi connectivity index (χ3v) is 4.74. The van der Waals surface area contributed by atoms with E-state index in [1.165, 1.54) is 0 Å². The standard InChI is InChI=1S/C24H22N4O/c1-19(21-12-6-3-7-13-21)28(18-22-14-8-9-15-23(22)26-27-25)24(29)17-16-20-10-4-2-5-11-20/h2-17,19H,18H2,1H3/b17-16+/t19-/m0/s1. The number of amides is 1. The SMILES string of the molecule is C[C@@H](c1ccccc1)N(Cc1ccccc1N=[N+]=[N-])C(=O)/C=C/c1ccccc1. The molecule has 0 radical (unpaired) electrons. The fourth-order valence-electron chi connectivity index (χ4n) is 3.12. The number of nitrogens with zero attached hydrogens (tertiary/aromatic N) is 4. The van der Waals surface area contributed by atoms with Crippen LogP contribution in [-0.2, 0) is 11.3 Å². The van der Waals surface area contributed by atoms with Gasteiger partial charge in [0.05, 0.1) is 6.04 Å². The van der Waals surface area contributed by atoms with Crippen LogP contribution in [-0.4, -0.2) is 10.8 Å². The fourth-order valence-corrected chi connectivity index (χ4v) is 3.12. The van der Waals surface area contributed by atoms with Gasteiger partial charge in [-0.05, 0) is 35.2 Å². The molecule has 5 nitrogen and oxygen atoms in total. The highest BCUT2D eigenvalue weighted by Crippen LogP contribution is 2.27. The monoisotopic (exact) mass is 382 g/mol. The number of rotatable bonds is 7. The molecule has 0 saturated heterocycles. The van der Waals surface area contributed by atoms with E-state index in [-0.39, 0.29) is 11.9 Å². The predicted octanol–water partition coefficient (Wildman–Crippen LogP) is 6.43. The van der Waals surface area contributed by atoms with E-state index in [0.717, 1.165) is 16.7 Å². The predicted molar refractivity (Wildman–Crippen MR) is 116 cm³/mol. The van der Waals surface area contributed by atoms with Gasteiger partial charge in [0.1, 0.15) is 0 Å². The summed E-state index contributed by atoms with van der Waals surface area (Å²) in [6.45, 7) is 2.34. The zero-order chi connectivity index (χ0) is 20.5. The Labute approximate surface area is 170 Å². The van der Waals surface area contributed by atoms with Crippen molar-refractivity contribution in [1.82, 2.24) is 4.90 Å². The van der Waals surface area contributed by atoms with E-state index >= 15 is 0 Å². The number of benzene rings is 3. The van der Waals surface area contributed by atoms with Gasteiger partial charge in [0.15, 0.2) is 0 Å². The Morgan fingerprint density at radius 3 is 2.31 bits per heavy atom. The second kappa shape index (κ2) is 9.93. The van der Waals surface area contributed by atoms with Gasteiger partial charge in [-0.2, -0.15) is 0 Å². The number of hydrogen-bond donors (Lipinski definition) is 0. The smallest absolute Gasteiger partial charge is 0.247 e. The van der Waals surface area contributed by atoms with Gasteiger partial charge in [0.2, 0.25) is 5.91 Å². The summed E-state index contributed by atoms with van der Waals surface area (Å²) >= 11 is 0. The molecule has 0 fully saturated rings. The molecule has 5 heteroatoms. The van der Waals surface area contributed by atoms with E-state index in [2.05, 4.69) is 10.0 Å². The Morgan fingerprint density at radius 2 is 1.62 bits per heavy atom. The van der Waals surface area contributed by atoms with Crippen LogP contribution in [0.1, 0.15) is 29.7 Å². The Kier molecular flexibility index (Phi) is 6.82. The average molecular weight is 382 g/mol. The molecule has 0 saturated carbocycles. The van der Waals surface area contributed by atoms with Crippen LogP contribution < -0.4 is 0 Å². The fraction of sp³-hybridized carbons (Fsp3) is 0.125. The maximum absolute atomic E-state index is 13.1. The van der Waals surface area contributed by atoms with Crippen molar-refractivity contribution < 1.29 is 4.79 Å². The van der Waals surface area contributed by atoms with Crippen LogP contribution in [0.2, 0.25) is 0 Å². The Bertz CT molecular complexity index is 1030. The van der Waals surface area contributed by atoms with Crippen molar-refractivity contribution in [2.75, 3.05) is 0 Å². The van der Waals surface area contributed by atoms with Crippen LogP contribution in [0.4, 0.5) is 5.69 Å². The van der Waals surface area contributed by atoms with Gasteiger partial charge in [0, 0.05) is 23.2 Å². The molecule has 0 bridgehead atoms. The van der Waals surface area contributed by atoms with Crippen molar-refractivity contribution in [3.05, 3.63) is 118 Å². The minimum Gasteiger partial charge on any atom is -0.328 e. The minimum atomic E-state index is -0.150. The maximum Gasteiger partial charge on any atom is 0.247 e. The average Bonchev–Trinajstić information content (AvgIpc) is 2.78. The summed E-state index contributed by atoms with van der Waals surface area (Å²) in [6, 6.07) is 26.8. The zero-order valence-electron chi connectivity index (χ0n) is 16.2. The van der Waals surface area contributed by atoms with E-state index < -0.39 is 0 Å².